The highest BCUT2D eigenvalue weighted by Gasteiger charge is 2.36. The quantitative estimate of drug-likeness (QED) is 0.897. The zero-order valence-electron chi connectivity index (χ0n) is 11.5. The first-order valence-corrected chi connectivity index (χ1v) is 5.95. The van der Waals surface area contributed by atoms with Crippen LogP contribution in [-0.2, 0) is 10.9 Å². The number of pyridine rings is 1. The maximum atomic E-state index is 13.0. The van der Waals surface area contributed by atoms with Crippen LogP contribution in [-0.4, -0.2) is 24.7 Å². The van der Waals surface area contributed by atoms with Crippen LogP contribution in [0.4, 0.5) is 13.2 Å². The number of alkyl halides is 3. The smallest absolute Gasteiger partial charge is 0.379 e. The maximum absolute atomic E-state index is 13.0. The number of aromatic nitrogens is 1. The van der Waals surface area contributed by atoms with Gasteiger partial charge in [0.1, 0.15) is 0 Å². The Labute approximate surface area is 111 Å². The second kappa shape index (κ2) is 5.88. The molecule has 0 aliphatic heterocycles. The fraction of sp³-hybridized carbons (Fsp3) is 0.615. The molecule has 1 heterocycles. The molecule has 1 rings (SSSR count). The molecule has 0 bridgehead atoms. The standard InChI is InChI=1S/C13H19F3N2O/c1-12(2,19-4)7-11(17-3)9-8-18-6-5-10(9)13(14,15)16/h5-6,8,11,17H,7H2,1-4H3. The van der Waals surface area contributed by atoms with Gasteiger partial charge in [0.05, 0.1) is 11.2 Å². The molecule has 0 radical (unpaired) electrons. The lowest BCUT2D eigenvalue weighted by molar-refractivity contribution is -0.138. The van der Waals surface area contributed by atoms with Crippen LogP contribution in [0.15, 0.2) is 18.5 Å². The molecule has 1 N–H and O–H groups in total. The molecule has 0 aliphatic carbocycles. The Morgan fingerprint density at radius 2 is 2.00 bits per heavy atom. The van der Waals surface area contributed by atoms with Crippen LogP contribution in [0.25, 0.3) is 0 Å². The third kappa shape index (κ3) is 4.18. The van der Waals surface area contributed by atoms with E-state index in [1.807, 2.05) is 13.8 Å². The molecular formula is C13H19F3N2O. The molecule has 0 saturated carbocycles. The number of hydrogen-bond donors (Lipinski definition) is 1. The molecule has 0 aromatic carbocycles. The van der Waals surface area contributed by atoms with Gasteiger partial charge >= 0.3 is 6.18 Å². The minimum atomic E-state index is -4.38. The Kier molecular flexibility index (Phi) is 4.92. The van der Waals surface area contributed by atoms with Crippen molar-refractivity contribution in [1.82, 2.24) is 10.3 Å². The van der Waals surface area contributed by atoms with E-state index >= 15 is 0 Å². The molecule has 108 valence electrons. The van der Waals surface area contributed by atoms with E-state index in [2.05, 4.69) is 10.3 Å². The van der Waals surface area contributed by atoms with Crippen molar-refractivity contribution >= 4 is 0 Å². The summed E-state index contributed by atoms with van der Waals surface area (Å²) in [6.45, 7) is 3.67. The Morgan fingerprint density at radius 3 is 2.47 bits per heavy atom. The normalized spacial score (nSPS) is 14.5. The lowest BCUT2D eigenvalue weighted by Gasteiger charge is -2.29. The van der Waals surface area contributed by atoms with Crippen LogP contribution >= 0.6 is 0 Å². The topological polar surface area (TPSA) is 34.1 Å². The van der Waals surface area contributed by atoms with Crippen molar-refractivity contribution in [3.8, 4) is 0 Å². The maximum Gasteiger partial charge on any atom is 0.416 e. The van der Waals surface area contributed by atoms with E-state index in [1.54, 1.807) is 14.2 Å². The van der Waals surface area contributed by atoms with E-state index in [9.17, 15) is 13.2 Å². The molecule has 0 spiro atoms. The SMILES string of the molecule is CNC(CC(C)(C)OC)c1cnccc1C(F)(F)F. The molecule has 0 fully saturated rings. The van der Waals surface area contributed by atoms with Crippen LogP contribution in [0.2, 0.25) is 0 Å². The highest BCUT2D eigenvalue weighted by molar-refractivity contribution is 5.29. The number of hydrogen-bond acceptors (Lipinski definition) is 3. The van der Waals surface area contributed by atoms with Crippen LogP contribution < -0.4 is 5.32 Å². The van der Waals surface area contributed by atoms with Gasteiger partial charge in [0, 0.05) is 25.5 Å². The monoisotopic (exact) mass is 276 g/mol. The molecule has 0 aliphatic rings. The second-order valence-electron chi connectivity index (χ2n) is 4.97. The van der Waals surface area contributed by atoms with Crippen LogP contribution in [0.1, 0.15) is 37.4 Å². The van der Waals surface area contributed by atoms with E-state index in [0.29, 0.717) is 6.42 Å². The molecule has 6 heteroatoms. The molecule has 3 nitrogen and oxygen atoms in total. The van der Waals surface area contributed by atoms with Crippen molar-refractivity contribution in [3.63, 3.8) is 0 Å². The first kappa shape index (κ1) is 15.9. The van der Waals surface area contributed by atoms with Gasteiger partial charge in [-0.2, -0.15) is 13.2 Å². The first-order valence-electron chi connectivity index (χ1n) is 5.95. The highest BCUT2D eigenvalue weighted by atomic mass is 19.4. The molecule has 1 aromatic heterocycles. The van der Waals surface area contributed by atoms with E-state index in [4.69, 9.17) is 4.74 Å². The van der Waals surface area contributed by atoms with Crippen molar-refractivity contribution < 1.29 is 17.9 Å². The Morgan fingerprint density at radius 1 is 1.37 bits per heavy atom. The molecule has 0 saturated heterocycles. The average molecular weight is 276 g/mol. The minimum absolute atomic E-state index is 0.141. The van der Waals surface area contributed by atoms with Crippen LogP contribution in [0.5, 0.6) is 0 Å². The van der Waals surface area contributed by atoms with Gasteiger partial charge in [-0.15, -0.1) is 0 Å². The second-order valence-corrected chi connectivity index (χ2v) is 4.97. The summed E-state index contributed by atoms with van der Waals surface area (Å²) in [7, 11) is 3.17. The van der Waals surface area contributed by atoms with Crippen molar-refractivity contribution in [3.05, 3.63) is 29.6 Å². The number of rotatable bonds is 5. The lowest BCUT2D eigenvalue weighted by Crippen LogP contribution is -2.31. The number of nitrogens with zero attached hydrogens (tertiary/aromatic N) is 1. The average Bonchev–Trinajstić information content (AvgIpc) is 2.35. The summed E-state index contributed by atoms with van der Waals surface area (Å²) in [5.41, 5.74) is -1.04. The lowest BCUT2D eigenvalue weighted by atomic mass is 9.92. The van der Waals surface area contributed by atoms with Crippen LogP contribution in [0.3, 0.4) is 0 Å². The van der Waals surface area contributed by atoms with E-state index < -0.39 is 23.4 Å². The molecule has 1 atom stereocenters. The summed E-state index contributed by atoms with van der Waals surface area (Å²) in [6.07, 6.45) is -1.56. The number of methoxy groups -OCH3 is 1. The van der Waals surface area contributed by atoms with E-state index in [-0.39, 0.29) is 5.56 Å². The molecule has 1 aromatic rings. The number of nitrogens with one attached hydrogen (secondary N) is 1. The van der Waals surface area contributed by atoms with Gasteiger partial charge in [-0.05, 0) is 38.9 Å². The van der Waals surface area contributed by atoms with Crippen molar-refractivity contribution in [2.45, 2.75) is 38.1 Å². The van der Waals surface area contributed by atoms with E-state index in [0.717, 1.165) is 12.3 Å². The largest absolute Gasteiger partial charge is 0.416 e. The van der Waals surface area contributed by atoms with Gasteiger partial charge in [0.25, 0.3) is 0 Å². The van der Waals surface area contributed by atoms with E-state index in [1.165, 1.54) is 6.20 Å². The zero-order valence-corrected chi connectivity index (χ0v) is 11.5. The van der Waals surface area contributed by atoms with Gasteiger partial charge in [0.2, 0.25) is 0 Å². The van der Waals surface area contributed by atoms with Gasteiger partial charge in [-0.25, -0.2) is 0 Å². The van der Waals surface area contributed by atoms with Gasteiger partial charge in [0.15, 0.2) is 0 Å². The summed E-state index contributed by atoms with van der Waals surface area (Å²) < 4.78 is 44.2. The Balaban J connectivity index is 3.12. The van der Waals surface area contributed by atoms with Crippen molar-refractivity contribution in [1.29, 1.82) is 0 Å². The van der Waals surface area contributed by atoms with Crippen molar-refractivity contribution in [2.75, 3.05) is 14.2 Å². The summed E-state index contributed by atoms with van der Waals surface area (Å²) >= 11 is 0. The Bertz CT molecular complexity index is 419. The fourth-order valence-corrected chi connectivity index (χ4v) is 1.88. The zero-order chi connectivity index (χ0) is 14.7. The third-order valence-corrected chi connectivity index (χ3v) is 3.13. The number of halogens is 3. The van der Waals surface area contributed by atoms with Gasteiger partial charge < -0.3 is 10.1 Å². The molecule has 1 unspecified atom stereocenters. The summed E-state index contributed by atoms with van der Waals surface area (Å²) in [6, 6.07) is 0.528. The molecule has 19 heavy (non-hydrogen) atoms. The van der Waals surface area contributed by atoms with Gasteiger partial charge in [-0.3, -0.25) is 4.98 Å². The minimum Gasteiger partial charge on any atom is -0.379 e. The predicted molar refractivity (Wildman–Crippen MR) is 66.7 cm³/mol. The molecule has 0 amide bonds. The van der Waals surface area contributed by atoms with Gasteiger partial charge in [-0.1, -0.05) is 0 Å². The summed E-state index contributed by atoms with van der Waals surface area (Å²) in [4.78, 5) is 3.80. The molecular weight excluding hydrogens is 257 g/mol. The summed E-state index contributed by atoms with van der Waals surface area (Å²) in [5, 5.41) is 2.90. The Hall–Kier alpha value is -1.14. The highest BCUT2D eigenvalue weighted by Crippen LogP contribution is 2.36. The van der Waals surface area contributed by atoms with Crippen molar-refractivity contribution in [2.24, 2.45) is 0 Å². The first-order chi connectivity index (χ1) is 8.71. The summed E-state index contributed by atoms with van der Waals surface area (Å²) in [5.74, 6) is 0. The van der Waals surface area contributed by atoms with Crippen LogP contribution in [0, 0.1) is 0 Å². The predicted octanol–water partition coefficient (Wildman–Crippen LogP) is 3.18. The fourth-order valence-electron chi connectivity index (χ4n) is 1.88. The third-order valence-electron chi connectivity index (χ3n) is 3.13. The number of ether oxygens (including phenoxy) is 1.